The van der Waals surface area contributed by atoms with Crippen LogP contribution in [0.1, 0.15) is 15.9 Å². The molecule has 0 saturated carbocycles. The van der Waals surface area contributed by atoms with E-state index in [0.29, 0.717) is 11.8 Å². The van der Waals surface area contributed by atoms with Crippen molar-refractivity contribution in [1.29, 1.82) is 0 Å². The van der Waals surface area contributed by atoms with E-state index < -0.39 is 5.97 Å². The Hall–Kier alpha value is -1.75. The molecule has 1 aromatic rings. The third-order valence-electron chi connectivity index (χ3n) is 2.17. The Morgan fingerprint density at radius 3 is 2.81 bits per heavy atom. The third-order valence-corrected chi connectivity index (χ3v) is 2.48. The fraction of sp³-hybridized carbons (Fsp3) is 0.200. The maximum absolute atomic E-state index is 10.8. The molecule has 1 aliphatic heterocycles. The summed E-state index contributed by atoms with van der Waals surface area (Å²) in [6.45, 7) is -0.0386. The van der Waals surface area contributed by atoms with E-state index in [1.165, 1.54) is 6.07 Å². The van der Waals surface area contributed by atoms with Gasteiger partial charge >= 0.3 is 5.97 Å². The Balaban J connectivity index is 2.56. The maximum atomic E-state index is 10.8. The van der Waals surface area contributed by atoms with Gasteiger partial charge in [-0.15, -0.1) is 0 Å². The molecule has 1 aliphatic rings. The lowest BCUT2D eigenvalue weighted by atomic mass is 10.1. The lowest BCUT2D eigenvalue weighted by molar-refractivity contribution is -0.136. The van der Waals surface area contributed by atoms with Crippen LogP contribution < -0.4 is 9.47 Å². The van der Waals surface area contributed by atoms with Gasteiger partial charge in [-0.2, -0.15) is 0 Å². The number of aldehydes is 1. The quantitative estimate of drug-likeness (QED) is 0.814. The van der Waals surface area contributed by atoms with Crippen molar-refractivity contribution in [1.82, 2.24) is 0 Å². The highest BCUT2D eigenvalue weighted by atomic mass is 35.5. The van der Waals surface area contributed by atoms with Crippen LogP contribution in [0.5, 0.6) is 11.5 Å². The molecule has 1 heterocycles. The van der Waals surface area contributed by atoms with Gasteiger partial charge in [-0.05, 0) is 6.07 Å². The van der Waals surface area contributed by atoms with Gasteiger partial charge in [-0.1, -0.05) is 11.6 Å². The molecule has 1 N–H and O–H groups in total. The second-order valence-electron chi connectivity index (χ2n) is 3.18. The molecule has 1 aromatic carbocycles. The number of halogens is 1. The lowest BCUT2D eigenvalue weighted by Crippen LogP contribution is -2.02. The van der Waals surface area contributed by atoms with Gasteiger partial charge in [-0.3, -0.25) is 9.59 Å². The van der Waals surface area contributed by atoms with Gasteiger partial charge < -0.3 is 14.6 Å². The number of aliphatic carboxylic acids is 1. The normalized spacial score (nSPS) is 12.6. The smallest absolute Gasteiger partial charge is 0.307 e. The van der Waals surface area contributed by atoms with Gasteiger partial charge in [0.1, 0.15) is 0 Å². The number of rotatable bonds is 3. The molecular weight excluding hydrogens is 236 g/mol. The molecule has 16 heavy (non-hydrogen) atoms. The predicted molar refractivity (Wildman–Crippen MR) is 54.3 cm³/mol. The highest BCUT2D eigenvalue weighted by Gasteiger charge is 2.25. The summed E-state index contributed by atoms with van der Waals surface area (Å²) in [6, 6.07) is 1.41. The molecule has 84 valence electrons. The van der Waals surface area contributed by atoms with Gasteiger partial charge in [0.15, 0.2) is 17.8 Å². The van der Waals surface area contributed by atoms with Crippen molar-refractivity contribution in [2.45, 2.75) is 6.42 Å². The average molecular weight is 243 g/mol. The Kier molecular flexibility index (Phi) is 2.70. The van der Waals surface area contributed by atoms with Crippen LogP contribution in [0.2, 0.25) is 5.02 Å². The van der Waals surface area contributed by atoms with Crippen LogP contribution in [-0.2, 0) is 11.2 Å². The number of carbonyl (C=O) groups excluding carboxylic acids is 1. The summed E-state index contributed by atoms with van der Waals surface area (Å²) in [5.41, 5.74) is 0.582. The van der Waals surface area contributed by atoms with Crippen molar-refractivity contribution in [3.8, 4) is 11.5 Å². The van der Waals surface area contributed by atoms with Crippen molar-refractivity contribution in [3.05, 3.63) is 22.2 Å². The molecule has 5 nitrogen and oxygen atoms in total. The second kappa shape index (κ2) is 4.02. The molecule has 0 atom stereocenters. The number of carboxylic acids is 1. The zero-order chi connectivity index (χ0) is 11.7. The van der Waals surface area contributed by atoms with Crippen LogP contribution in [0.25, 0.3) is 0 Å². The summed E-state index contributed by atoms with van der Waals surface area (Å²) in [5.74, 6) is -0.500. The minimum atomic E-state index is -1.01. The summed E-state index contributed by atoms with van der Waals surface area (Å²) in [6.07, 6.45) is 0.324. The molecule has 0 fully saturated rings. The fourth-order valence-corrected chi connectivity index (χ4v) is 1.79. The summed E-state index contributed by atoms with van der Waals surface area (Å²) >= 11 is 5.84. The fourth-order valence-electron chi connectivity index (χ4n) is 1.53. The van der Waals surface area contributed by atoms with E-state index in [1.54, 1.807) is 0 Å². The van der Waals surface area contributed by atoms with Gasteiger partial charge in [0.25, 0.3) is 0 Å². The molecule has 6 heteroatoms. The number of hydrogen-bond acceptors (Lipinski definition) is 4. The molecule has 0 radical (unpaired) electrons. The van der Waals surface area contributed by atoms with Crippen LogP contribution in [0.4, 0.5) is 0 Å². The first-order valence-electron chi connectivity index (χ1n) is 4.41. The number of carboxylic acid groups (broad SMARTS) is 1. The number of ether oxygens (including phenoxy) is 2. The standard InChI is InChI=1S/C10H7ClO5/c11-7-1-5(2-8(13)14)9-10(6(7)3-12)16-4-15-9/h1,3H,2,4H2,(H,13,14). The highest BCUT2D eigenvalue weighted by Crippen LogP contribution is 2.42. The molecule has 0 amide bonds. The minimum Gasteiger partial charge on any atom is -0.481 e. The van der Waals surface area contributed by atoms with Crippen molar-refractivity contribution in [2.75, 3.05) is 6.79 Å². The predicted octanol–water partition coefficient (Wildman–Crippen LogP) is 1.51. The Morgan fingerprint density at radius 2 is 2.19 bits per heavy atom. The molecule has 0 saturated heterocycles. The van der Waals surface area contributed by atoms with Crippen molar-refractivity contribution < 1.29 is 24.2 Å². The first-order chi connectivity index (χ1) is 7.63. The molecule has 0 unspecified atom stereocenters. The SMILES string of the molecule is O=Cc1c(Cl)cc(CC(=O)O)c2c1OCO2. The number of hydrogen-bond donors (Lipinski definition) is 1. The molecule has 0 spiro atoms. The van der Waals surface area contributed by atoms with E-state index in [-0.39, 0.29) is 35.3 Å². The van der Waals surface area contributed by atoms with Crippen LogP contribution in [0.15, 0.2) is 6.07 Å². The number of carbonyl (C=O) groups is 2. The summed E-state index contributed by atoms with van der Waals surface area (Å²) in [4.78, 5) is 21.4. The number of fused-ring (bicyclic) bond motifs is 1. The number of benzene rings is 1. The monoisotopic (exact) mass is 242 g/mol. The zero-order valence-electron chi connectivity index (χ0n) is 8.03. The van der Waals surface area contributed by atoms with Crippen LogP contribution in [-0.4, -0.2) is 24.2 Å². The molecular formula is C10H7ClO5. The van der Waals surface area contributed by atoms with Crippen LogP contribution in [0.3, 0.4) is 0 Å². The summed E-state index contributed by atoms with van der Waals surface area (Å²) in [7, 11) is 0. The maximum Gasteiger partial charge on any atom is 0.307 e. The molecule has 0 aromatic heterocycles. The molecule has 0 aliphatic carbocycles. The van der Waals surface area contributed by atoms with E-state index >= 15 is 0 Å². The zero-order valence-corrected chi connectivity index (χ0v) is 8.78. The third kappa shape index (κ3) is 1.69. The average Bonchev–Trinajstić information content (AvgIpc) is 2.66. The topological polar surface area (TPSA) is 72.8 Å². The summed E-state index contributed by atoms with van der Waals surface area (Å²) < 4.78 is 10.2. The van der Waals surface area contributed by atoms with Gasteiger partial charge in [0, 0.05) is 5.56 Å². The van der Waals surface area contributed by atoms with Crippen molar-refractivity contribution >= 4 is 23.9 Å². The van der Waals surface area contributed by atoms with E-state index in [2.05, 4.69) is 0 Å². The Labute approximate surface area is 95.5 Å². The van der Waals surface area contributed by atoms with Crippen molar-refractivity contribution in [2.24, 2.45) is 0 Å². The Morgan fingerprint density at radius 1 is 1.50 bits per heavy atom. The first-order valence-corrected chi connectivity index (χ1v) is 4.79. The van der Waals surface area contributed by atoms with Crippen LogP contribution in [0, 0.1) is 0 Å². The molecule has 0 bridgehead atoms. The molecule has 2 rings (SSSR count). The van der Waals surface area contributed by atoms with E-state index in [4.69, 9.17) is 26.2 Å². The van der Waals surface area contributed by atoms with E-state index in [9.17, 15) is 9.59 Å². The van der Waals surface area contributed by atoms with Gasteiger partial charge in [0.2, 0.25) is 6.79 Å². The summed E-state index contributed by atoms with van der Waals surface area (Å²) in [5, 5.41) is 8.87. The highest BCUT2D eigenvalue weighted by molar-refractivity contribution is 6.33. The van der Waals surface area contributed by atoms with Crippen LogP contribution >= 0.6 is 11.6 Å². The van der Waals surface area contributed by atoms with Gasteiger partial charge in [-0.25, -0.2) is 0 Å². The first kappa shape index (κ1) is 10.8. The Bertz CT molecular complexity index is 469. The van der Waals surface area contributed by atoms with E-state index in [1.807, 2.05) is 0 Å². The van der Waals surface area contributed by atoms with Gasteiger partial charge in [0.05, 0.1) is 17.0 Å². The second-order valence-corrected chi connectivity index (χ2v) is 3.59. The lowest BCUT2D eigenvalue weighted by Gasteiger charge is -2.06. The minimum absolute atomic E-state index is 0.0386. The van der Waals surface area contributed by atoms with Crippen molar-refractivity contribution in [3.63, 3.8) is 0 Å². The largest absolute Gasteiger partial charge is 0.481 e. The van der Waals surface area contributed by atoms with E-state index in [0.717, 1.165) is 0 Å².